The summed E-state index contributed by atoms with van der Waals surface area (Å²) in [6, 6.07) is 7.28. The van der Waals surface area contributed by atoms with Gasteiger partial charge in [0.1, 0.15) is 12.1 Å². The maximum absolute atomic E-state index is 12.0. The van der Waals surface area contributed by atoms with Crippen molar-refractivity contribution >= 4 is 23.2 Å². The molecule has 0 aliphatic carbocycles. The quantitative estimate of drug-likeness (QED) is 0.903. The van der Waals surface area contributed by atoms with Crippen LogP contribution in [0.4, 0.5) is 5.69 Å². The van der Waals surface area contributed by atoms with Crippen LogP contribution in [0.2, 0.25) is 5.02 Å². The molecule has 1 unspecified atom stereocenters. The normalized spacial score (nSPS) is 18.8. The molecule has 1 aromatic rings. The van der Waals surface area contributed by atoms with E-state index in [2.05, 4.69) is 11.4 Å². The molecule has 0 bridgehead atoms. The third-order valence-electron chi connectivity index (χ3n) is 3.46. The minimum absolute atomic E-state index is 0.0106. The van der Waals surface area contributed by atoms with Crippen LogP contribution in [0.5, 0.6) is 0 Å². The van der Waals surface area contributed by atoms with E-state index >= 15 is 0 Å². The molecule has 19 heavy (non-hydrogen) atoms. The van der Waals surface area contributed by atoms with Crippen molar-refractivity contribution in [2.75, 3.05) is 18.5 Å². The van der Waals surface area contributed by atoms with Gasteiger partial charge in [-0.15, -0.1) is 0 Å². The molecular weight excluding hydrogens is 262 g/mol. The smallest absolute Gasteiger partial charge is 0.242 e. The lowest BCUT2D eigenvalue weighted by molar-refractivity contribution is -0.122. The second-order valence-electron chi connectivity index (χ2n) is 4.56. The van der Waals surface area contributed by atoms with Gasteiger partial charge in [-0.2, -0.15) is 5.26 Å². The first-order valence-corrected chi connectivity index (χ1v) is 6.73. The highest BCUT2D eigenvalue weighted by atomic mass is 35.5. The summed E-state index contributed by atoms with van der Waals surface area (Å²) in [4.78, 5) is 14.0. The monoisotopic (exact) mass is 277 g/mol. The third-order valence-corrected chi connectivity index (χ3v) is 3.78. The van der Waals surface area contributed by atoms with Crippen molar-refractivity contribution in [3.63, 3.8) is 0 Å². The molecule has 100 valence electrons. The highest BCUT2D eigenvalue weighted by molar-refractivity contribution is 6.32. The number of amides is 1. The van der Waals surface area contributed by atoms with Crippen molar-refractivity contribution in [2.45, 2.75) is 25.3 Å². The molecule has 5 heteroatoms. The standard InChI is InChI=1S/C14H16ClN3O/c1-17-14(19)13-6-2-3-8-18(13)12-7-4-5-11(15)10(12)9-16/h4-5,7,13H,2-3,6,8H2,1H3,(H,17,19). The molecule has 0 aromatic heterocycles. The van der Waals surface area contributed by atoms with Crippen LogP contribution in [-0.4, -0.2) is 25.5 Å². The van der Waals surface area contributed by atoms with Crippen molar-refractivity contribution in [1.82, 2.24) is 5.32 Å². The Hall–Kier alpha value is -1.73. The Morgan fingerprint density at radius 3 is 3.00 bits per heavy atom. The number of halogens is 1. The van der Waals surface area contributed by atoms with Gasteiger partial charge < -0.3 is 10.2 Å². The fourth-order valence-corrected chi connectivity index (χ4v) is 2.73. The Morgan fingerprint density at radius 1 is 1.53 bits per heavy atom. The van der Waals surface area contributed by atoms with Crippen LogP contribution in [0, 0.1) is 11.3 Å². The first kappa shape index (κ1) is 13.7. The highest BCUT2D eigenvalue weighted by Gasteiger charge is 2.29. The zero-order chi connectivity index (χ0) is 13.8. The number of nitriles is 1. The van der Waals surface area contributed by atoms with Crippen LogP contribution in [0.1, 0.15) is 24.8 Å². The number of carbonyl (C=O) groups excluding carboxylic acids is 1. The fraction of sp³-hybridized carbons (Fsp3) is 0.429. The van der Waals surface area contributed by atoms with Gasteiger partial charge in [0.15, 0.2) is 0 Å². The van der Waals surface area contributed by atoms with Crippen molar-refractivity contribution < 1.29 is 4.79 Å². The number of hydrogen-bond acceptors (Lipinski definition) is 3. The number of nitrogens with one attached hydrogen (secondary N) is 1. The largest absolute Gasteiger partial charge is 0.358 e. The number of likely N-dealkylation sites (N-methyl/N-ethyl adjacent to an activating group) is 1. The number of nitrogens with zero attached hydrogens (tertiary/aromatic N) is 2. The summed E-state index contributed by atoms with van der Waals surface area (Å²) in [6.45, 7) is 0.771. The van der Waals surface area contributed by atoms with E-state index in [-0.39, 0.29) is 11.9 Å². The van der Waals surface area contributed by atoms with E-state index in [4.69, 9.17) is 11.6 Å². The van der Waals surface area contributed by atoms with Gasteiger partial charge >= 0.3 is 0 Å². The SMILES string of the molecule is CNC(=O)C1CCCCN1c1cccc(Cl)c1C#N. The second kappa shape index (κ2) is 5.94. The summed E-state index contributed by atoms with van der Waals surface area (Å²) in [5.41, 5.74) is 1.20. The number of anilines is 1. The summed E-state index contributed by atoms with van der Waals surface area (Å²) < 4.78 is 0. The predicted octanol–water partition coefficient (Wildman–Crippen LogP) is 2.32. The molecule has 1 aromatic carbocycles. The maximum atomic E-state index is 12.0. The van der Waals surface area contributed by atoms with Crippen molar-refractivity contribution in [3.05, 3.63) is 28.8 Å². The molecule has 1 heterocycles. The van der Waals surface area contributed by atoms with E-state index < -0.39 is 0 Å². The molecule has 1 aliphatic rings. The number of carbonyl (C=O) groups is 1. The zero-order valence-corrected chi connectivity index (χ0v) is 11.6. The Kier molecular flexibility index (Phi) is 4.28. The van der Waals surface area contributed by atoms with E-state index in [1.54, 1.807) is 13.1 Å². The van der Waals surface area contributed by atoms with Crippen LogP contribution in [-0.2, 0) is 4.79 Å². The number of piperidine rings is 1. The number of rotatable bonds is 2. The first-order chi connectivity index (χ1) is 9.19. The Morgan fingerprint density at radius 2 is 2.32 bits per heavy atom. The molecule has 1 atom stereocenters. The fourth-order valence-electron chi connectivity index (χ4n) is 2.52. The molecular formula is C14H16ClN3O. The van der Waals surface area contributed by atoms with Crippen LogP contribution in [0.25, 0.3) is 0 Å². The molecule has 0 radical (unpaired) electrons. The molecule has 4 nitrogen and oxygen atoms in total. The predicted molar refractivity (Wildman–Crippen MR) is 75.2 cm³/mol. The number of hydrogen-bond donors (Lipinski definition) is 1. The van der Waals surface area contributed by atoms with Gasteiger partial charge in [-0.1, -0.05) is 17.7 Å². The van der Waals surface area contributed by atoms with Crippen molar-refractivity contribution in [1.29, 1.82) is 5.26 Å². The van der Waals surface area contributed by atoms with Gasteiger partial charge in [-0.05, 0) is 31.4 Å². The lowest BCUT2D eigenvalue weighted by atomic mass is 9.99. The van der Waals surface area contributed by atoms with Gasteiger partial charge in [-0.25, -0.2) is 0 Å². The Labute approximate surface area is 118 Å². The molecule has 1 saturated heterocycles. The number of benzene rings is 1. The highest BCUT2D eigenvalue weighted by Crippen LogP contribution is 2.31. The molecule has 1 amide bonds. The summed E-state index contributed by atoms with van der Waals surface area (Å²) in [7, 11) is 1.64. The van der Waals surface area contributed by atoms with Crippen LogP contribution >= 0.6 is 11.6 Å². The van der Waals surface area contributed by atoms with E-state index in [1.807, 2.05) is 17.0 Å². The van der Waals surface area contributed by atoms with Crippen LogP contribution in [0.15, 0.2) is 18.2 Å². The van der Waals surface area contributed by atoms with Gasteiger partial charge in [0.05, 0.1) is 16.3 Å². The minimum atomic E-state index is -0.218. The summed E-state index contributed by atoms with van der Waals surface area (Å²) in [5, 5.41) is 12.4. The summed E-state index contributed by atoms with van der Waals surface area (Å²) >= 11 is 6.06. The lowest BCUT2D eigenvalue weighted by Gasteiger charge is -2.36. The lowest BCUT2D eigenvalue weighted by Crippen LogP contribution is -2.49. The minimum Gasteiger partial charge on any atom is -0.358 e. The third kappa shape index (κ3) is 2.66. The molecule has 1 fully saturated rings. The Bertz CT molecular complexity index is 524. The van der Waals surface area contributed by atoms with Gasteiger partial charge in [0, 0.05) is 13.6 Å². The topological polar surface area (TPSA) is 56.1 Å². The van der Waals surface area contributed by atoms with Crippen LogP contribution < -0.4 is 10.2 Å². The average molecular weight is 278 g/mol. The molecule has 1 aliphatic heterocycles. The van der Waals surface area contributed by atoms with E-state index in [0.29, 0.717) is 10.6 Å². The van der Waals surface area contributed by atoms with Crippen molar-refractivity contribution in [3.8, 4) is 6.07 Å². The average Bonchev–Trinajstić information content (AvgIpc) is 2.46. The summed E-state index contributed by atoms with van der Waals surface area (Å²) in [5.74, 6) is -0.0106. The second-order valence-corrected chi connectivity index (χ2v) is 4.97. The van der Waals surface area contributed by atoms with E-state index in [0.717, 1.165) is 31.5 Å². The molecule has 0 spiro atoms. The van der Waals surface area contributed by atoms with Crippen molar-refractivity contribution in [2.24, 2.45) is 0 Å². The molecule has 0 saturated carbocycles. The first-order valence-electron chi connectivity index (χ1n) is 6.36. The molecule has 1 N–H and O–H groups in total. The summed E-state index contributed by atoms with van der Waals surface area (Å²) in [6.07, 6.45) is 2.85. The van der Waals surface area contributed by atoms with E-state index in [1.165, 1.54) is 0 Å². The van der Waals surface area contributed by atoms with Gasteiger partial charge in [0.2, 0.25) is 5.91 Å². The Balaban J connectivity index is 2.41. The zero-order valence-electron chi connectivity index (χ0n) is 10.8. The van der Waals surface area contributed by atoms with E-state index in [9.17, 15) is 10.1 Å². The molecule has 2 rings (SSSR count). The maximum Gasteiger partial charge on any atom is 0.242 e. The van der Waals surface area contributed by atoms with Gasteiger partial charge in [0.25, 0.3) is 0 Å². The van der Waals surface area contributed by atoms with Gasteiger partial charge in [-0.3, -0.25) is 4.79 Å². The van der Waals surface area contributed by atoms with Crippen LogP contribution in [0.3, 0.4) is 0 Å².